The molecule has 0 aliphatic carbocycles. The number of ether oxygens (including phenoxy) is 1. The van der Waals surface area contributed by atoms with Gasteiger partial charge in [-0.05, 0) is 48.0 Å². The van der Waals surface area contributed by atoms with Crippen molar-refractivity contribution in [3.05, 3.63) is 111 Å². The van der Waals surface area contributed by atoms with E-state index in [4.69, 9.17) is 9.72 Å². The molecule has 2 heterocycles. The van der Waals surface area contributed by atoms with Crippen molar-refractivity contribution in [3.63, 3.8) is 0 Å². The van der Waals surface area contributed by atoms with Crippen LogP contribution in [0.25, 0.3) is 5.69 Å². The van der Waals surface area contributed by atoms with Crippen molar-refractivity contribution in [2.75, 3.05) is 24.3 Å². The van der Waals surface area contributed by atoms with Gasteiger partial charge in [-0.1, -0.05) is 30.3 Å². The number of methoxy groups -OCH3 is 1. The Kier molecular flexibility index (Phi) is 7.64. The quantitative estimate of drug-likeness (QED) is 0.296. The van der Waals surface area contributed by atoms with Gasteiger partial charge in [-0.3, -0.25) is 4.79 Å². The Morgan fingerprint density at radius 3 is 2.46 bits per heavy atom. The highest BCUT2D eigenvalue weighted by Crippen LogP contribution is 2.32. The minimum Gasteiger partial charge on any atom is -0.497 e. The molecule has 5 rings (SSSR count). The van der Waals surface area contributed by atoms with E-state index in [0.29, 0.717) is 47.8 Å². The summed E-state index contributed by atoms with van der Waals surface area (Å²) in [5.74, 6) is 0.0235. The van der Waals surface area contributed by atoms with Gasteiger partial charge in [-0.2, -0.15) is 13.2 Å². The van der Waals surface area contributed by atoms with Crippen molar-refractivity contribution in [3.8, 4) is 11.4 Å². The molecule has 2 amide bonds. The lowest BCUT2D eigenvalue weighted by Crippen LogP contribution is -2.43. The van der Waals surface area contributed by atoms with E-state index in [2.05, 4.69) is 10.6 Å². The van der Waals surface area contributed by atoms with E-state index in [0.717, 1.165) is 5.56 Å². The summed E-state index contributed by atoms with van der Waals surface area (Å²) < 4.78 is 60.1. The zero-order valence-electron chi connectivity index (χ0n) is 21.8. The molecule has 0 saturated heterocycles. The fraction of sp³-hybridized carbons (Fsp3) is 0.207. The van der Waals surface area contributed by atoms with Crippen molar-refractivity contribution >= 4 is 17.7 Å². The maximum absolute atomic E-state index is 14.2. The molecule has 0 saturated carbocycles. The molecule has 8 nitrogen and oxygen atoms in total. The van der Waals surface area contributed by atoms with Crippen LogP contribution in [0.1, 0.15) is 22.4 Å². The number of urea groups is 1. The van der Waals surface area contributed by atoms with Crippen LogP contribution in [0.2, 0.25) is 0 Å². The van der Waals surface area contributed by atoms with E-state index in [1.54, 1.807) is 31.4 Å². The van der Waals surface area contributed by atoms with Gasteiger partial charge in [0.2, 0.25) is 5.95 Å². The fourth-order valence-corrected chi connectivity index (χ4v) is 4.50. The monoisotopic (exact) mass is 567 g/mol. The van der Waals surface area contributed by atoms with Gasteiger partial charge < -0.3 is 20.3 Å². The van der Waals surface area contributed by atoms with Gasteiger partial charge in [-0.15, -0.1) is 0 Å². The average Bonchev–Trinajstić information content (AvgIpc) is 2.97. The molecule has 1 aliphatic heterocycles. The first kappa shape index (κ1) is 27.7. The van der Waals surface area contributed by atoms with E-state index >= 15 is 0 Å². The number of benzene rings is 3. The molecule has 1 aromatic heterocycles. The Bertz CT molecular complexity index is 1620. The Morgan fingerprint density at radius 2 is 1.78 bits per heavy atom. The first-order valence-electron chi connectivity index (χ1n) is 12.6. The van der Waals surface area contributed by atoms with E-state index in [1.165, 1.54) is 9.47 Å². The fourth-order valence-electron chi connectivity index (χ4n) is 4.50. The van der Waals surface area contributed by atoms with Crippen LogP contribution in [-0.2, 0) is 25.7 Å². The summed E-state index contributed by atoms with van der Waals surface area (Å²) in [5, 5.41) is 5.44. The minimum absolute atomic E-state index is 0.124. The number of hydrogen-bond donors (Lipinski definition) is 2. The predicted molar refractivity (Wildman–Crippen MR) is 145 cm³/mol. The van der Waals surface area contributed by atoms with Crippen molar-refractivity contribution in [1.82, 2.24) is 14.5 Å². The SMILES string of the molecule is COc1ccc(CNc2nc3c(c(=O)n2-c2ccccc2)CN(C(=O)Nc2cc(C(F)(F)F)ccc2F)CC3)cc1. The summed E-state index contributed by atoms with van der Waals surface area (Å²) in [5.41, 5.74) is 0.140. The molecule has 3 aromatic carbocycles. The minimum atomic E-state index is -4.70. The maximum atomic E-state index is 14.2. The lowest BCUT2D eigenvalue weighted by molar-refractivity contribution is -0.137. The number of rotatable bonds is 6. The molecule has 0 fully saturated rings. The average molecular weight is 568 g/mol. The zero-order chi connectivity index (χ0) is 29.1. The topological polar surface area (TPSA) is 88.5 Å². The lowest BCUT2D eigenvalue weighted by Gasteiger charge is -2.29. The molecule has 4 aromatic rings. The molecular weight excluding hydrogens is 542 g/mol. The second kappa shape index (κ2) is 11.3. The van der Waals surface area contributed by atoms with Gasteiger partial charge in [0, 0.05) is 19.5 Å². The zero-order valence-corrected chi connectivity index (χ0v) is 21.8. The Balaban J connectivity index is 1.42. The number of nitrogens with one attached hydrogen (secondary N) is 2. The van der Waals surface area contributed by atoms with Crippen molar-refractivity contribution in [2.45, 2.75) is 25.7 Å². The second-order valence-electron chi connectivity index (χ2n) is 9.33. The molecule has 1 aliphatic rings. The normalized spacial score (nSPS) is 13.0. The molecule has 12 heteroatoms. The highest BCUT2D eigenvalue weighted by Gasteiger charge is 2.32. The van der Waals surface area contributed by atoms with Gasteiger partial charge in [0.1, 0.15) is 11.6 Å². The molecule has 2 N–H and O–H groups in total. The van der Waals surface area contributed by atoms with Gasteiger partial charge in [-0.25, -0.2) is 18.7 Å². The smallest absolute Gasteiger partial charge is 0.416 e. The second-order valence-corrected chi connectivity index (χ2v) is 9.33. The Morgan fingerprint density at radius 1 is 1.05 bits per heavy atom. The number of halogens is 4. The molecule has 0 bridgehead atoms. The van der Waals surface area contributed by atoms with Gasteiger partial charge in [0.25, 0.3) is 5.56 Å². The van der Waals surface area contributed by atoms with E-state index < -0.39 is 34.8 Å². The van der Waals surface area contributed by atoms with Gasteiger partial charge in [0.15, 0.2) is 0 Å². The van der Waals surface area contributed by atoms with Crippen LogP contribution in [0.15, 0.2) is 77.6 Å². The molecule has 0 radical (unpaired) electrons. The number of amides is 2. The molecule has 212 valence electrons. The third-order valence-corrected chi connectivity index (χ3v) is 6.68. The number of hydrogen-bond acceptors (Lipinski definition) is 5. The van der Waals surface area contributed by atoms with Gasteiger partial charge >= 0.3 is 12.2 Å². The van der Waals surface area contributed by atoms with E-state index in [1.807, 2.05) is 30.3 Å². The molecule has 0 spiro atoms. The number of alkyl halides is 3. The van der Waals surface area contributed by atoms with Crippen LogP contribution in [0, 0.1) is 5.82 Å². The van der Waals surface area contributed by atoms with Crippen LogP contribution in [0.5, 0.6) is 5.75 Å². The number of para-hydroxylation sites is 1. The van der Waals surface area contributed by atoms with Crippen LogP contribution in [0.3, 0.4) is 0 Å². The Labute approximate surface area is 232 Å². The van der Waals surface area contributed by atoms with Crippen LogP contribution in [-0.4, -0.2) is 34.1 Å². The summed E-state index contributed by atoms with van der Waals surface area (Å²) in [7, 11) is 1.58. The van der Waals surface area contributed by atoms with Gasteiger partial charge in [0.05, 0.1) is 41.9 Å². The summed E-state index contributed by atoms with van der Waals surface area (Å²) in [4.78, 5) is 32.7. The van der Waals surface area contributed by atoms with Crippen molar-refractivity contribution in [1.29, 1.82) is 0 Å². The summed E-state index contributed by atoms with van der Waals surface area (Å²) >= 11 is 0. The third-order valence-electron chi connectivity index (χ3n) is 6.68. The lowest BCUT2D eigenvalue weighted by atomic mass is 10.1. The largest absolute Gasteiger partial charge is 0.497 e. The van der Waals surface area contributed by atoms with E-state index in [9.17, 15) is 27.2 Å². The number of anilines is 2. The maximum Gasteiger partial charge on any atom is 0.416 e. The number of fused-ring (bicyclic) bond motifs is 1. The highest BCUT2D eigenvalue weighted by molar-refractivity contribution is 5.89. The van der Waals surface area contributed by atoms with Crippen molar-refractivity contribution in [2.24, 2.45) is 0 Å². The van der Waals surface area contributed by atoms with Crippen molar-refractivity contribution < 1.29 is 27.1 Å². The molecule has 41 heavy (non-hydrogen) atoms. The highest BCUT2D eigenvalue weighted by atomic mass is 19.4. The van der Waals surface area contributed by atoms with Crippen LogP contribution >= 0.6 is 0 Å². The number of aromatic nitrogens is 2. The molecular formula is C29H25F4N5O3. The predicted octanol–water partition coefficient (Wildman–Crippen LogP) is 5.60. The Hall–Kier alpha value is -4.87. The number of carbonyl (C=O) groups excluding carboxylic acids is 1. The molecule has 0 unspecified atom stereocenters. The summed E-state index contributed by atoms with van der Waals surface area (Å²) in [6.45, 7) is 0.345. The summed E-state index contributed by atoms with van der Waals surface area (Å²) in [6, 6.07) is 17.2. The first-order chi connectivity index (χ1) is 19.6. The van der Waals surface area contributed by atoms with Crippen LogP contribution < -0.4 is 20.9 Å². The standard InChI is InChI=1S/C29H25F4N5O3/c1-41-21-10-7-18(8-11-21)16-34-27-35-24-13-14-37(17-22(24)26(39)38(27)20-5-3-2-4-6-20)28(40)36-25-15-19(29(31,32)33)9-12-23(25)30/h2-12,15H,13-14,16-17H2,1H3,(H,34,35)(H,36,40). The molecule has 0 atom stereocenters. The van der Waals surface area contributed by atoms with Crippen LogP contribution in [0.4, 0.5) is 34.0 Å². The number of carbonyl (C=O) groups is 1. The summed E-state index contributed by atoms with van der Waals surface area (Å²) in [6.07, 6.45) is -4.49. The first-order valence-corrected chi connectivity index (χ1v) is 12.6. The third kappa shape index (κ3) is 6.01. The van der Waals surface area contributed by atoms with E-state index in [-0.39, 0.29) is 25.1 Å². The number of nitrogens with zero attached hydrogens (tertiary/aromatic N) is 3.